The van der Waals surface area contributed by atoms with Crippen LogP contribution in [0, 0.1) is 6.92 Å². The van der Waals surface area contributed by atoms with Crippen LogP contribution in [0.15, 0.2) is 48.5 Å². The van der Waals surface area contributed by atoms with E-state index in [-0.39, 0.29) is 0 Å². The quantitative estimate of drug-likeness (QED) is 0.660. The van der Waals surface area contributed by atoms with Crippen LogP contribution in [0.2, 0.25) is 0 Å². The van der Waals surface area contributed by atoms with Crippen LogP contribution in [0.25, 0.3) is 16.7 Å². The number of imidazole rings is 1. The number of benzene rings is 2. The maximum Gasteiger partial charge on any atom is 0.114 e. The van der Waals surface area contributed by atoms with Gasteiger partial charge in [0.05, 0.1) is 11.0 Å². The first-order valence-electron chi connectivity index (χ1n) is 6.33. The van der Waals surface area contributed by atoms with E-state index in [2.05, 4.69) is 60.9 Å². The molecule has 2 nitrogen and oxygen atoms in total. The molecule has 0 aliphatic rings. The lowest BCUT2D eigenvalue weighted by atomic mass is 10.2. The van der Waals surface area contributed by atoms with Crippen molar-refractivity contribution < 1.29 is 0 Å². The minimum Gasteiger partial charge on any atom is -0.296 e. The standard InChI is InChI=1S/C16H16N2/c1-3-16-17-14-6-4-5-7-15(14)18(16)13-10-8-12(2)9-11-13/h4-11H,3H2,1-2H3. The normalized spacial score (nSPS) is 11.0. The SMILES string of the molecule is CCc1nc2ccccc2n1-c1ccc(C)cc1. The number of aromatic nitrogens is 2. The highest BCUT2D eigenvalue weighted by Crippen LogP contribution is 2.21. The van der Waals surface area contributed by atoms with Gasteiger partial charge >= 0.3 is 0 Å². The number of nitrogens with zero attached hydrogens (tertiary/aromatic N) is 2. The number of para-hydroxylation sites is 2. The maximum atomic E-state index is 4.69. The van der Waals surface area contributed by atoms with E-state index in [1.165, 1.54) is 16.8 Å². The van der Waals surface area contributed by atoms with Crippen molar-refractivity contribution in [3.8, 4) is 5.69 Å². The molecule has 1 heterocycles. The second-order valence-electron chi connectivity index (χ2n) is 4.54. The molecule has 0 amide bonds. The molecule has 18 heavy (non-hydrogen) atoms. The molecule has 0 radical (unpaired) electrons. The summed E-state index contributed by atoms with van der Waals surface area (Å²) in [5.41, 5.74) is 4.71. The van der Waals surface area contributed by atoms with Gasteiger partial charge < -0.3 is 0 Å². The fraction of sp³-hybridized carbons (Fsp3) is 0.188. The third-order valence-corrected chi connectivity index (χ3v) is 3.24. The minimum atomic E-state index is 0.933. The number of hydrogen-bond donors (Lipinski definition) is 0. The van der Waals surface area contributed by atoms with Crippen LogP contribution in [-0.2, 0) is 6.42 Å². The molecule has 0 aliphatic heterocycles. The third-order valence-electron chi connectivity index (χ3n) is 3.24. The molecule has 0 saturated heterocycles. The summed E-state index contributed by atoms with van der Waals surface area (Å²) in [7, 11) is 0. The van der Waals surface area contributed by atoms with Crippen LogP contribution in [-0.4, -0.2) is 9.55 Å². The summed E-state index contributed by atoms with van der Waals surface area (Å²) in [6, 6.07) is 16.9. The van der Waals surface area contributed by atoms with Crippen molar-refractivity contribution in [2.24, 2.45) is 0 Å². The van der Waals surface area contributed by atoms with Crippen molar-refractivity contribution in [3.05, 3.63) is 59.9 Å². The molecular weight excluding hydrogens is 220 g/mol. The van der Waals surface area contributed by atoms with Gasteiger partial charge in [-0.25, -0.2) is 4.98 Å². The van der Waals surface area contributed by atoms with Gasteiger partial charge in [0.2, 0.25) is 0 Å². The number of rotatable bonds is 2. The number of fused-ring (bicyclic) bond motifs is 1. The maximum absolute atomic E-state index is 4.69. The Morgan fingerprint density at radius 2 is 1.72 bits per heavy atom. The molecule has 0 aliphatic carbocycles. The van der Waals surface area contributed by atoms with Crippen LogP contribution in [0.3, 0.4) is 0 Å². The lowest BCUT2D eigenvalue weighted by molar-refractivity contribution is 0.908. The Morgan fingerprint density at radius 1 is 1.00 bits per heavy atom. The molecule has 0 bridgehead atoms. The average Bonchev–Trinajstić information content (AvgIpc) is 2.78. The molecule has 0 N–H and O–H groups in total. The van der Waals surface area contributed by atoms with Gasteiger partial charge in [-0.15, -0.1) is 0 Å². The van der Waals surface area contributed by atoms with E-state index in [4.69, 9.17) is 4.98 Å². The van der Waals surface area contributed by atoms with E-state index < -0.39 is 0 Å². The second kappa shape index (κ2) is 4.30. The van der Waals surface area contributed by atoms with E-state index in [9.17, 15) is 0 Å². The van der Waals surface area contributed by atoms with Gasteiger partial charge in [0.15, 0.2) is 0 Å². The van der Waals surface area contributed by atoms with Crippen molar-refractivity contribution in [2.45, 2.75) is 20.3 Å². The first kappa shape index (κ1) is 11.0. The fourth-order valence-electron chi connectivity index (χ4n) is 2.29. The summed E-state index contributed by atoms with van der Waals surface area (Å²) >= 11 is 0. The summed E-state index contributed by atoms with van der Waals surface area (Å²) in [5, 5.41) is 0. The van der Waals surface area contributed by atoms with Gasteiger partial charge in [-0.05, 0) is 31.2 Å². The summed E-state index contributed by atoms with van der Waals surface area (Å²) in [6.45, 7) is 4.25. The zero-order chi connectivity index (χ0) is 12.5. The minimum absolute atomic E-state index is 0.933. The van der Waals surface area contributed by atoms with Crippen molar-refractivity contribution in [1.82, 2.24) is 9.55 Å². The third kappa shape index (κ3) is 1.70. The molecule has 1 aromatic heterocycles. The van der Waals surface area contributed by atoms with Gasteiger partial charge in [0, 0.05) is 12.1 Å². The van der Waals surface area contributed by atoms with E-state index in [1.54, 1.807) is 0 Å². The molecule has 0 saturated carbocycles. The predicted molar refractivity (Wildman–Crippen MR) is 75.2 cm³/mol. The largest absolute Gasteiger partial charge is 0.296 e. The van der Waals surface area contributed by atoms with Crippen LogP contribution in [0.1, 0.15) is 18.3 Å². The van der Waals surface area contributed by atoms with Crippen molar-refractivity contribution >= 4 is 11.0 Å². The summed E-state index contributed by atoms with van der Waals surface area (Å²) in [4.78, 5) is 4.69. The highest BCUT2D eigenvalue weighted by molar-refractivity contribution is 5.78. The first-order valence-corrected chi connectivity index (χ1v) is 6.33. The average molecular weight is 236 g/mol. The molecule has 2 heteroatoms. The van der Waals surface area contributed by atoms with Crippen molar-refractivity contribution in [3.63, 3.8) is 0 Å². The van der Waals surface area contributed by atoms with Gasteiger partial charge in [-0.2, -0.15) is 0 Å². The van der Waals surface area contributed by atoms with E-state index in [0.29, 0.717) is 0 Å². The molecule has 3 rings (SSSR count). The lowest BCUT2D eigenvalue weighted by Crippen LogP contribution is -1.99. The molecule has 0 fully saturated rings. The number of hydrogen-bond acceptors (Lipinski definition) is 1. The summed E-state index contributed by atoms with van der Waals surface area (Å²) in [5.74, 6) is 1.11. The van der Waals surface area contributed by atoms with Gasteiger partial charge in [0.1, 0.15) is 5.82 Å². The highest BCUT2D eigenvalue weighted by atomic mass is 15.1. The molecule has 3 aromatic rings. The fourth-order valence-corrected chi connectivity index (χ4v) is 2.29. The summed E-state index contributed by atoms with van der Waals surface area (Å²) < 4.78 is 2.24. The molecule has 90 valence electrons. The Labute approximate surface area is 107 Å². The molecule has 0 unspecified atom stereocenters. The molecule has 0 atom stereocenters. The Hall–Kier alpha value is -2.09. The zero-order valence-corrected chi connectivity index (χ0v) is 10.7. The molecular formula is C16H16N2. The van der Waals surface area contributed by atoms with Gasteiger partial charge in [-0.1, -0.05) is 36.8 Å². The lowest BCUT2D eigenvalue weighted by Gasteiger charge is -2.08. The monoisotopic (exact) mass is 236 g/mol. The highest BCUT2D eigenvalue weighted by Gasteiger charge is 2.09. The topological polar surface area (TPSA) is 17.8 Å². The van der Waals surface area contributed by atoms with E-state index in [1.807, 2.05) is 6.07 Å². The molecule has 0 spiro atoms. The van der Waals surface area contributed by atoms with Gasteiger partial charge in [0.25, 0.3) is 0 Å². The predicted octanol–water partition coefficient (Wildman–Crippen LogP) is 3.90. The van der Waals surface area contributed by atoms with E-state index in [0.717, 1.165) is 17.8 Å². The Kier molecular flexibility index (Phi) is 2.63. The van der Waals surface area contributed by atoms with Crippen LogP contribution < -0.4 is 0 Å². The van der Waals surface area contributed by atoms with Crippen molar-refractivity contribution in [1.29, 1.82) is 0 Å². The molecule has 2 aromatic carbocycles. The van der Waals surface area contributed by atoms with Crippen LogP contribution in [0.4, 0.5) is 0 Å². The van der Waals surface area contributed by atoms with Gasteiger partial charge in [-0.3, -0.25) is 4.57 Å². The van der Waals surface area contributed by atoms with E-state index >= 15 is 0 Å². The Morgan fingerprint density at radius 3 is 2.44 bits per heavy atom. The second-order valence-corrected chi connectivity index (χ2v) is 4.54. The van der Waals surface area contributed by atoms with Crippen molar-refractivity contribution in [2.75, 3.05) is 0 Å². The zero-order valence-electron chi connectivity index (χ0n) is 10.7. The summed E-state index contributed by atoms with van der Waals surface area (Å²) in [6.07, 6.45) is 0.933. The first-order chi connectivity index (χ1) is 8.79. The Balaban J connectivity index is 2.29. The number of aryl methyl sites for hydroxylation is 2. The Bertz CT molecular complexity index is 678. The van der Waals surface area contributed by atoms with Crippen LogP contribution in [0.5, 0.6) is 0 Å². The smallest absolute Gasteiger partial charge is 0.114 e. The van der Waals surface area contributed by atoms with Crippen LogP contribution >= 0.6 is 0 Å².